The number of alkyl halides is 2. The van der Waals surface area contributed by atoms with Crippen molar-refractivity contribution in [3.63, 3.8) is 0 Å². The molecule has 1 aromatic carbocycles. The minimum Gasteiger partial charge on any atom is -0.393 e. The molecule has 4 N–H and O–H groups in total. The molecule has 0 fully saturated rings. The summed E-state index contributed by atoms with van der Waals surface area (Å²) in [5, 5.41) is 31.5. The van der Waals surface area contributed by atoms with Crippen LogP contribution < -0.4 is 5.32 Å². The van der Waals surface area contributed by atoms with E-state index < -0.39 is 48.0 Å². The van der Waals surface area contributed by atoms with Crippen molar-refractivity contribution in [2.75, 3.05) is 11.9 Å². The van der Waals surface area contributed by atoms with E-state index in [0.29, 0.717) is 0 Å². The van der Waals surface area contributed by atoms with Crippen LogP contribution in [0.15, 0.2) is 42.9 Å². The topological polar surface area (TPSA) is 124 Å². The van der Waals surface area contributed by atoms with Crippen LogP contribution in [-0.2, 0) is 5.60 Å². The van der Waals surface area contributed by atoms with E-state index in [4.69, 9.17) is 11.6 Å². The Morgan fingerprint density at radius 2 is 1.71 bits per heavy atom. The van der Waals surface area contributed by atoms with E-state index in [1.807, 2.05) is 0 Å². The third-order valence-electron chi connectivity index (χ3n) is 5.69. The molecule has 3 heterocycles. The number of hydrogen-bond donors (Lipinski definition) is 4. The van der Waals surface area contributed by atoms with Crippen molar-refractivity contribution in [3.05, 3.63) is 76.5 Å². The Labute approximate surface area is 219 Å². The second kappa shape index (κ2) is 10.7. The summed E-state index contributed by atoms with van der Waals surface area (Å²) in [5.41, 5.74) is -2.19. The Bertz CT molecular complexity index is 1470. The predicted octanol–water partition coefficient (Wildman–Crippen LogP) is 4.69. The molecule has 0 aliphatic carbocycles. The first-order chi connectivity index (χ1) is 17.9. The number of benzene rings is 1. The van der Waals surface area contributed by atoms with Gasteiger partial charge in [-0.3, -0.25) is 4.98 Å². The molecule has 0 saturated carbocycles. The third kappa shape index (κ3) is 5.53. The minimum atomic E-state index is -3.16. The van der Waals surface area contributed by atoms with Gasteiger partial charge in [0.1, 0.15) is 34.8 Å². The maximum atomic E-state index is 15.0. The fourth-order valence-electron chi connectivity index (χ4n) is 3.72. The van der Waals surface area contributed by atoms with Crippen LogP contribution in [0.25, 0.3) is 22.3 Å². The SMILES string of the molecule is CC(C)(O)c1ncc(-c2nc3c(N[C@H](c4cc(C(O)CO)ccc4F)C(F)F)c(Cl)cnc3cc2F)cn1. The summed E-state index contributed by atoms with van der Waals surface area (Å²) >= 11 is 6.27. The molecule has 2 atom stereocenters. The Balaban J connectivity index is 1.82. The summed E-state index contributed by atoms with van der Waals surface area (Å²) in [7, 11) is 0. The van der Waals surface area contributed by atoms with Gasteiger partial charge in [-0.15, -0.1) is 0 Å². The van der Waals surface area contributed by atoms with Crippen molar-refractivity contribution in [1.29, 1.82) is 0 Å². The largest absolute Gasteiger partial charge is 0.393 e. The average molecular weight is 552 g/mol. The van der Waals surface area contributed by atoms with Gasteiger partial charge in [0, 0.05) is 35.8 Å². The molecule has 38 heavy (non-hydrogen) atoms. The van der Waals surface area contributed by atoms with Crippen molar-refractivity contribution in [1.82, 2.24) is 19.9 Å². The molecule has 8 nitrogen and oxygen atoms in total. The van der Waals surface area contributed by atoms with Gasteiger partial charge < -0.3 is 20.6 Å². The molecule has 0 spiro atoms. The van der Waals surface area contributed by atoms with E-state index in [1.165, 1.54) is 32.3 Å². The second-order valence-corrected chi connectivity index (χ2v) is 9.37. The molecule has 0 amide bonds. The molecule has 0 aliphatic heterocycles. The summed E-state index contributed by atoms with van der Waals surface area (Å²) in [4.78, 5) is 16.3. The Morgan fingerprint density at radius 3 is 2.32 bits per heavy atom. The highest BCUT2D eigenvalue weighted by molar-refractivity contribution is 6.34. The third-order valence-corrected chi connectivity index (χ3v) is 5.97. The summed E-state index contributed by atoms with van der Waals surface area (Å²) in [5.74, 6) is -1.71. The van der Waals surface area contributed by atoms with Crippen LogP contribution in [0, 0.1) is 11.6 Å². The summed E-state index contributed by atoms with van der Waals surface area (Å²) < 4.78 is 58.1. The summed E-state index contributed by atoms with van der Waals surface area (Å²) in [6.07, 6.45) is -0.960. The maximum Gasteiger partial charge on any atom is 0.262 e. The zero-order chi connectivity index (χ0) is 27.8. The van der Waals surface area contributed by atoms with Crippen LogP contribution in [0.5, 0.6) is 0 Å². The molecule has 0 saturated heterocycles. The van der Waals surface area contributed by atoms with E-state index in [1.54, 1.807) is 0 Å². The molecule has 4 aromatic rings. The van der Waals surface area contributed by atoms with Crippen molar-refractivity contribution >= 4 is 28.3 Å². The number of fused-ring (bicyclic) bond motifs is 1. The second-order valence-electron chi connectivity index (χ2n) is 8.96. The quantitative estimate of drug-likeness (QED) is 0.233. The average Bonchev–Trinajstić information content (AvgIpc) is 2.87. The van der Waals surface area contributed by atoms with Crippen LogP contribution in [0.3, 0.4) is 0 Å². The monoisotopic (exact) mass is 551 g/mol. The highest BCUT2D eigenvalue weighted by Crippen LogP contribution is 2.37. The zero-order valence-corrected chi connectivity index (χ0v) is 20.8. The molecule has 1 unspecified atom stereocenters. The first-order valence-corrected chi connectivity index (χ1v) is 11.6. The first kappa shape index (κ1) is 27.6. The number of rotatable bonds is 8. The lowest BCUT2D eigenvalue weighted by molar-refractivity contribution is 0.0687. The molecule has 4 rings (SSSR count). The fraction of sp³-hybridized carbons (Fsp3) is 0.280. The highest BCUT2D eigenvalue weighted by atomic mass is 35.5. The van der Waals surface area contributed by atoms with Crippen LogP contribution in [-0.4, -0.2) is 48.3 Å². The number of pyridine rings is 2. The van der Waals surface area contributed by atoms with Gasteiger partial charge in [-0.2, -0.15) is 0 Å². The number of nitrogens with zero attached hydrogens (tertiary/aromatic N) is 4. The Morgan fingerprint density at radius 1 is 1.03 bits per heavy atom. The molecular formula is C25H22ClF4N5O3. The van der Waals surface area contributed by atoms with Gasteiger partial charge in [0.25, 0.3) is 6.43 Å². The Kier molecular flexibility index (Phi) is 7.79. The van der Waals surface area contributed by atoms with Gasteiger partial charge in [-0.1, -0.05) is 17.7 Å². The highest BCUT2D eigenvalue weighted by Gasteiger charge is 2.29. The summed E-state index contributed by atoms with van der Waals surface area (Å²) in [6, 6.07) is 2.14. The molecule has 13 heteroatoms. The van der Waals surface area contributed by atoms with Crippen LogP contribution in [0.1, 0.15) is 42.9 Å². The number of hydrogen-bond acceptors (Lipinski definition) is 8. The van der Waals surface area contributed by atoms with Crippen LogP contribution in [0.2, 0.25) is 5.02 Å². The van der Waals surface area contributed by atoms with Gasteiger partial charge in [-0.25, -0.2) is 32.5 Å². The first-order valence-electron chi connectivity index (χ1n) is 11.2. The van der Waals surface area contributed by atoms with Gasteiger partial charge >= 0.3 is 0 Å². The maximum absolute atomic E-state index is 15.0. The normalized spacial score (nSPS) is 13.7. The number of nitrogens with one attached hydrogen (secondary N) is 1. The molecule has 200 valence electrons. The number of halogens is 5. The lowest BCUT2D eigenvalue weighted by atomic mass is 10.00. The van der Waals surface area contributed by atoms with E-state index in [2.05, 4.69) is 25.3 Å². The lowest BCUT2D eigenvalue weighted by Gasteiger charge is -2.23. The standard InChI is InChI=1S/C25H22ClF4N5O3/c1-25(2,38)24-32-7-12(8-33-24)19-16(28)6-17-22(34-19)21(14(26)9-31-17)35-20(23(29)30)13-5-11(18(37)10-36)3-4-15(13)27/h3-9,18,20,23,36-38H,10H2,1-2H3,(H,31,35)/t18?,20-/m1/s1. The number of aliphatic hydroxyl groups is 3. The van der Waals surface area contributed by atoms with Crippen molar-refractivity contribution in [2.45, 2.75) is 38.0 Å². The van der Waals surface area contributed by atoms with Gasteiger partial charge in [0.2, 0.25) is 0 Å². The van der Waals surface area contributed by atoms with Gasteiger partial charge in [0.05, 0.1) is 22.8 Å². The predicted molar refractivity (Wildman–Crippen MR) is 132 cm³/mol. The fourth-order valence-corrected chi connectivity index (χ4v) is 3.91. The zero-order valence-electron chi connectivity index (χ0n) is 20.0. The molecule has 0 radical (unpaired) electrons. The van der Waals surface area contributed by atoms with E-state index in [-0.39, 0.29) is 44.4 Å². The van der Waals surface area contributed by atoms with Gasteiger partial charge in [-0.05, 0) is 31.5 Å². The number of aliphatic hydroxyl groups excluding tert-OH is 2. The van der Waals surface area contributed by atoms with Crippen molar-refractivity contribution in [3.8, 4) is 11.3 Å². The van der Waals surface area contributed by atoms with Crippen LogP contribution in [0.4, 0.5) is 23.2 Å². The van der Waals surface area contributed by atoms with Crippen LogP contribution >= 0.6 is 11.6 Å². The number of anilines is 1. The molecule has 0 aliphatic rings. The molecule has 0 bridgehead atoms. The lowest BCUT2D eigenvalue weighted by Crippen LogP contribution is -2.21. The molecule has 3 aromatic heterocycles. The molecular weight excluding hydrogens is 530 g/mol. The van der Waals surface area contributed by atoms with Crippen molar-refractivity contribution in [2.24, 2.45) is 0 Å². The van der Waals surface area contributed by atoms with E-state index in [0.717, 1.165) is 24.4 Å². The Hall–Kier alpha value is -3.45. The summed E-state index contributed by atoms with van der Waals surface area (Å²) in [6.45, 7) is 2.26. The van der Waals surface area contributed by atoms with E-state index in [9.17, 15) is 32.9 Å². The number of aromatic nitrogens is 4. The van der Waals surface area contributed by atoms with Crippen molar-refractivity contribution < 1.29 is 32.9 Å². The minimum absolute atomic E-state index is 0.0230. The smallest absolute Gasteiger partial charge is 0.262 e. The van der Waals surface area contributed by atoms with Gasteiger partial charge in [0.15, 0.2) is 11.6 Å². The van der Waals surface area contributed by atoms with E-state index >= 15 is 0 Å².